The number of ether oxygens (including phenoxy) is 1. The first-order valence-electron chi connectivity index (χ1n) is 7.43. The van der Waals surface area contributed by atoms with Gasteiger partial charge >= 0.3 is 0 Å². The number of nitrogens with one attached hydrogen (secondary N) is 1. The number of carbonyl (C=O) groups excluding carboxylic acids is 1. The lowest BCUT2D eigenvalue weighted by atomic mass is 9.85. The predicted octanol–water partition coefficient (Wildman–Crippen LogP) is 2.26. The summed E-state index contributed by atoms with van der Waals surface area (Å²) in [6, 6.07) is 6.29. The van der Waals surface area contributed by atoms with Crippen molar-refractivity contribution in [3.8, 4) is 11.8 Å². The number of halogens is 1. The summed E-state index contributed by atoms with van der Waals surface area (Å²) in [6.07, 6.45) is -0.565. The molecule has 120 valence electrons. The Labute approximate surface area is 133 Å². The molecule has 0 saturated carbocycles. The number of hydrogen-bond acceptors (Lipinski definition) is 5. The molecule has 1 aliphatic heterocycles. The maximum absolute atomic E-state index is 13.9. The Balaban J connectivity index is 2.04. The smallest absolute Gasteiger partial charge is 0.193 e. The zero-order chi connectivity index (χ0) is 16.8. The summed E-state index contributed by atoms with van der Waals surface area (Å²) < 4.78 is 19.7. The number of nitrogens with zero attached hydrogens (tertiary/aromatic N) is 1. The highest BCUT2D eigenvalue weighted by atomic mass is 19.1. The van der Waals surface area contributed by atoms with E-state index in [0.717, 1.165) is 0 Å². The van der Waals surface area contributed by atoms with Crippen LogP contribution in [0.15, 0.2) is 29.7 Å². The van der Waals surface area contributed by atoms with E-state index >= 15 is 0 Å². The number of hydrogen-bond donors (Lipinski definition) is 2. The largest absolute Gasteiger partial charge is 0.485 e. The van der Waals surface area contributed by atoms with Gasteiger partial charge in [-0.15, -0.1) is 0 Å². The van der Waals surface area contributed by atoms with Crippen LogP contribution in [0.2, 0.25) is 0 Å². The van der Waals surface area contributed by atoms with E-state index in [1.165, 1.54) is 0 Å². The molecule has 5 nitrogen and oxygen atoms in total. The Morgan fingerprint density at radius 3 is 2.78 bits per heavy atom. The third kappa shape index (κ3) is 2.57. The van der Waals surface area contributed by atoms with Gasteiger partial charge < -0.3 is 15.2 Å². The number of ketones is 1. The number of aliphatic hydroxyl groups is 1. The van der Waals surface area contributed by atoms with E-state index in [0.29, 0.717) is 16.9 Å². The number of rotatable bonds is 2. The van der Waals surface area contributed by atoms with Crippen LogP contribution in [0.5, 0.6) is 5.75 Å². The van der Waals surface area contributed by atoms with Crippen LogP contribution in [0.4, 0.5) is 4.39 Å². The summed E-state index contributed by atoms with van der Waals surface area (Å²) >= 11 is 0. The van der Waals surface area contributed by atoms with Crippen molar-refractivity contribution < 1.29 is 19.0 Å². The molecule has 1 aliphatic carbocycles. The molecule has 3 rings (SSSR count). The minimum atomic E-state index is -0.972. The van der Waals surface area contributed by atoms with Gasteiger partial charge in [-0.2, -0.15) is 5.26 Å². The summed E-state index contributed by atoms with van der Waals surface area (Å²) in [7, 11) is 0. The highest BCUT2D eigenvalue weighted by molar-refractivity contribution is 5.96. The number of fused-ring (bicyclic) bond motifs is 1. The van der Waals surface area contributed by atoms with Crippen molar-refractivity contribution >= 4 is 5.78 Å². The molecule has 2 atom stereocenters. The quantitative estimate of drug-likeness (QED) is 0.874. The third-order valence-electron chi connectivity index (χ3n) is 4.32. The van der Waals surface area contributed by atoms with Gasteiger partial charge in [-0.25, -0.2) is 4.39 Å². The summed E-state index contributed by atoms with van der Waals surface area (Å²) in [5.41, 5.74) is 0.307. The highest BCUT2D eigenvalue weighted by Crippen LogP contribution is 2.41. The first kappa shape index (κ1) is 15.5. The van der Waals surface area contributed by atoms with Crippen LogP contribution >= 0.6 is 0 Å². The van der Waals surface area contributed by atoms with Gasteiger partial charge in [-0.1, -0.05) is 0 Å². The van der Waals surface area contributed by atoms with E-state index in [-0.39, 0.29) is 18.5 Å². The van der Waals surface area contributed by atoms with Gasteiger partial charge in [0.2, 0.25) is 0 Å². The van der Waals surface area contributed by atoms with E-state index in [9.17, 15) is 14.3 Å². The standard InChI is InChI=1S/C17H17FN2O3/c1-17(2)16(22)15(20-11-4-5-12(21)14(11)18)10-7-9(8-19)3-6-13(10)23-17/h3,6-7,15-16,20,22H,4-5H2,1-2H3/t15-,16+/m0/s1. The van der Waals surface area contributed by atoms with Crippen molar-refractivity contribution in [2.24, 2.45) is 0 Å². The van der Waals surface area contributed by atoms with Crippen LogP contribution in [-0.4, -0.2) is 22.6 Å². The topological polar surface area (TPSA) is 82.3 Å². The second kappa shape index (κ2) is 5.36. The second-order valence-electron chi connectivity index (χ2n) is 6.35. The van der Waals surface area contributed by atoms with E-state index in [1.807, 2.05) is 6.07 Å². The summed E-state index contributed by atoms with van der Waals surface area (Å²) in [6.45, 7) is 3.47. The lowest BCUT2D eigenvalue weighted by Gasteiger charge is -2.42. The number of benzene rings is 1. The van der Waals surface area contributed by atoms with E-state index in [1.54, 1.807) is 32.0 Å². The van der Waals surface area contributed by atoms with Gasteiger partial charge in [-0.05, 0) is 38.5 Å². The van der Waals surface area contributed by atoms with E-state index in [2.05, 4.69) is 5.32 Å². The Kier molecular flexibility index (Phi) is 3.61. The van der Waals surface area contributed by atoms with Gasteiger partial charge in [-0.3, -0.25) is 4.79 Å². The van der Waals surface area contributed by atoms with Crippen molar-refractivity contribution in [1.29, 1.82) is 5.26 Å². The molecule has 0 aromatic heterocycles. The van der Waals surface area contributed by atoms with Gasteiger partial charge in [0.25, 0.3) is 0 Å². The fourth-order valence-electron chi connectivity index (χ4n) is 2.98. The van der Waals surface area contributed by atoms with Gasteiger partial charge in [0, 0.05) is 12.0 Å². The molecule has 0 amide bonds. The lowest BCUT2D eigenvalue weighted by molar-refractivity contribution is -0.116. The molecule has 0 radical (unpaired) electrons. The molecule has 1 aromatic carbocycles. The minimum Gasteiger partial charge on any atom is -0.485 e. The lowest BCUT2D eigenvalue weighted by Crippen LogP contribution is -2.52. The molecule has 0 fully saturated rings. The number of aliphatic hydroxyl groups excluding tert-OH is 1. The molecule has 0 bridgehead atoms. The Morgan fingerprint density at radius 1 is 1.43 bits per heavy atom. The van der Waals surface area contributed by atoms with Crippen molar-refractivity contribution in [3.63, 3.8) is 0 Å². The highest BCUT2D eigenvalue weighted by Gasteiger charge is 2.44. The SMILES string of the molecule is CC1(C)Oc2ccc(C#N)cc2[C@H](NC2=C(F)C(=O)CC2)[C@H]1O. The zero-order valence-electron chi connectivity index (χ0n) is 12.9. The normalized spacial score (nSPS) is 25.6. The molecule has 1 heterocycles. The van der Waals surface area contributed by atoms with Crippen molar-refractivity contribution in [3.05, 3.63) is 40.8 Å². The van der Waals surface area contributed by atoms with Crippen LogP contribution in [0.3, 0.4) is 0 Å². The maximum Gasteiger partial charge on any atom is 0.193 e. The first-order valence-corrected chi connectivity index (χ1v) is 7.43. The molecular formula is C17H17FN2O3. The summed E-state index contributed by atoms with van der Waals surface area (Å²) in [5, 5.41) is 22.6. The summed E-state index contributed by atoms with van der Waals surface area (Å²) in [5.74, 6) is -0.777. The van der Waals surface area contributed by atoms with Gasteiger partial charge in [0.15, 0.2) is 11.6 Å². The average molecular weight is 316 g/mol. The fourth-order valence-corrected chi connectivity index (χ4v) is 2.98. The van der Waals surface area contributed by atoms with Crippen LogP contribution in [0, 0.1) is 11.3 Å². The average Bonchev–Trinajstić information content (AvgIpc) is 2.83. The number of Topliss-reactive ketones (excluding diaryl/α,β-unsaturated/α-hetero) is 1. The minimum absolute atomic E-state index is 0.127. The second-order valence-corrected chi connectivity index (χ2v) is 6.35. The number of nitriles is 1. The predicted molar refractivity (Wildman–Crippen MR) is 80.1 cm³/mol. The molecule has 1 aromatic rings. The van der Waals surface area contributed by atoms with Crippen LogP contribution in [-0.2, 0) is 4.79 Å². The Morgan fingerprint density at radius 2 is 2.17 bits per heavy atom. The van der Waals surface area contributed by atoms with E-state index in [4.69, 9.17) is 10.00 Å². The molecule has 2 aliphatic rings. The fraction of sp³-hybridized carbons (Fsp3) is 0.412. The van der Waals surface area contributed by atoms with Crippen molar-refractivity contribution in [2.45, 2.75) is 44.4 Å². The Bertz CT molecular complexity index is 749. The van der Waals surface area contributed by atoms with Crippen LogP contribution in [0.1, 0.15) is 43.9 Å². The third-order valence-corrected chi connectivity index (χ3v) is 4.32. The molecule has 2 N–H and O–H groups in total. The number of carbonyl (C=O) groups is 1. The zero-order valence-corrected chi connectivity index (χ0v) is 12.9. The molecule has 6 heteroatoms. The molecular weight excluding hydrogens is 299 g/mol. The van der Waals surface area contributed by atoms with Gasteiger partial charge in [0.1, 0.15) is 17.5 Å². The first-order chi connectivity index (χ1) is 10.8. The summed E-state index contributed by atoms with van der Waals surface area (Å²) in [4.78, 5) is 11.4. The van der Waals surface area contributed by atoms with Crippen molar-refractivity contribution in [1.82, 2.24) is 5.32 Å². The monoisotopic (exact) mass is 316 g/mol. The number of allylic oxidation sites excluding steroid dienone is 2. The van der Waals surface area contributed by atoms with Crippen LogP contribution < -0.4 is 10.1 Å². The maximum atomic E-state index is 13.9. The van der Waals surface area contributed by atoms with Crippen LogP contribution in [0.25, 0.3) is 0 Å². The molecule has 23 heavy (non-hydrogen) atoms. The molecule has 0 unspecified atom stereocenters. The molecule has 0 spiro atoms. The molecule has 0 saturated heterocycles. The van der Waals surface area contributed by atoms with Gasteiger partial charge in [0.05, 0.1) is 23.4 Å². The van der Waals surface area contributed by atoms with Crippen molar-refractivity contribution in [2.75, 3.05) is 0 Å². The Hall–Kier alpha value is -2.39. The van der Waals surface area contributed by atoms with E-state index < -0.39 is 29.4 Å².